The summed E-state index contributed by atoms with van der Waals surface area (Å²) in [5.41, 5.74) is 5.21. The number of rotatable bonds is 2. The monoisotopic (exact) mass is 247 g/mol. The summed E-state index contributed by atoms with van der Waals surface area (Å²) in [6.07, 6.45) is 0. The van der Waals surface area contributed by atoms with Gasteiger partial charge in [0.25, 0.3) is 5.91 Å². The van der Waals surface area contributed by atoms with Crippen LogP contribution in [-0.4, -0.2) is 23.9 Å². The summed E-state index contributed by atoms with van der Waals surface area (Å²) in [5, 5.41) is 0. The molecule has 1 aromatic rings. The highest BCUT2D eigenvalue weighted by Gasteiger charge is 2.29. The molecule has 0 bridgehead atoms. The van der Waals surface area contributed by atoms with Gasteiger partial charge < -0.3 is 10.3 Å². The van der Waals surface area contributed by atoms with Crippen molar-refractivity contribution in [2.24, 2.45) is 17.7 Å². The molecule has 0 radical (unpaired) electrons. The lowest BCUT2D eigenvalue weighted by Crippen LogP contribution is -2.29. The number of nitrogens with one attached hydrogen (secondary N) is 1. The van der Waals surface area contributed by atoms with E-state index >= 15 is 0 Å². The first-order valence-corrected chi connectivity index (χ1v) is 6.39. The number of nitrogens with two attached hydrogens (primary N) is 1. The van der Waals surface area contributed by atoms with Gasteiger partial charge in [0.2, 0.25) is 0 Å². The minimum absolute atomic E-state index is 0.123. The Morgan fingerprint density at radius 2 is 1.94 bits per heavy atom. The van der Waals surface area contributed by atoms with Gasteiger partial charge in [-0.05, 0) is 42.5 Å². The van der Waals surface area contributed by atoms with Crippen molar-refractivity contribution in [2.75, 3.05) is 18.5 Å². The Kier molecular flexibility index (Phi) is 3.57. The maximum atomic E-state index is 12.4. The molecule has 1 aromatic carbocycles. The summed E-state index contributed by atoms with van der Waals surface area (Å²) in [7, 11) is 0. The molecule has 0 aliphatic carbocycles. The molecule has 1 fully saturated rings. The van der Waals surface area contributed by atoms with Gasteiger partial charge in [0.15, 0.2) is 0 Å². The molecule has 0 spiro atoms. The van der Waals surface area contributed by atoms with Crippen molar-refractivity contribution in [1.82, 2.24) is 4.90 Å². The van der Waals surface area contributed by atoms with Gasteiger partial charge in [-0.15, -0.1) is 0 Å². The van der Waals surface area contributed by atoms with Crippen molar-refractivity contribution in [1.29, 1.82) is 0 Å². The molecule has 4 heteroatoms. The Bertz CT molecular complexity index is 448. The van der Waals surface area contributed by atoms with E-state index in [1.54, 1.807) is 0 Å². The molecule has 2 unspecified atom stereocenters. The first kappa shape index (κ1) is 12.9. The molecule has 3 N–H and O–H groups in total. The minimum Gasteiger partial charge on any atom is -0.338 e. The van der Waals surface area contributed by atoms with Gasteiger partial charge >= 0.3 is 0 Å². The van der Waals surface area contributed by atoms with Crippen LogP contribution in [0.4, 0.5) is 5.69 Å². The second kappa shape index (κ2) is 4.98. The maximum Gasteiger partial charge on any atom is 0.253 e. The lowest BCUT2D eigenvalue weighted by atomic mass is 10.0. The van der Waals surface area contributed by atoms with E-state index in [9.17, 15) is 4.79 Å². The number of benzene rings is 1. The normalized spacial score (nSPS) is 23.2. The van der Waals surface area contributed by atoms with Crippen molar-refractivity contribution in [3.8, 4) is 0 Å². The Morgan fingerprint density at radius 1 is 1.33 bits per heavy atom. The topological polar surface area (TPSA) is 58.4 Å². The van der Waals surface area contributed by atoms with Gasteiger partial charge in [-0.25, -0.2) is 0 Å². The summed E-state index contributed by atoms with van der Waals surface area (Å²) in [6.45, 7) is 8.06. The van der Waals surface area contributed by atoms with E-state index in [1.165, 1.54) is 0 Å². The average Bonchev–Trinajstić information content (AvgIpc) is 2.68. The number of amides is 1. The summed E-state index contributed by atoms with van der Waals surface area (Å²) >= 11 is 0. The third-order valence-corrected chi connectivity index (χ3v) is 3.90. The summed E-state index contributed by atoms with van der Waals surface area (Å²) in [5.74, 6) is 6.68. The number of nitrogen functional groups attached to an aromatic ring is 1. The largest absolute Gasteiger partial charge is 0.338 e. The van der Waals surface area contributed by atoms with Crippen LogP contribution in [0.2, 0.25) is 0 Å². The smallest absolute Gasteiger partial charge is 0.253 e. The summed E-state index contributed by atoms with van der Waals surface area (Å²) in [6, 6.07) is 5.58. The van der Waals surface area contributed by atoms with Gasteiger partial charge in [0.1, 0.15) is 0 Å². The van der Waals surface area contributed by atoms with Crippen molar-refractivity contribution >= 4 is 11.6 Å². The van der Waals surface area contributed by atoms with Gasteiger partial charge in [-0.2, -0.15) is 0 Å². The van der Waals surface area contributed by atoms with Gasteiger partial charge in [0.05, 0.1) is 5.69 Å². The number of hydrogen-bond donors (Lipinski definition) is 2. The highest BCUT2D eigenvalue weighted by atomic mass is 16.2. The zero-order valence-corrected chi connectivity index (χ0v) is 11.2. The Labute approximate surface area is 108 Å². The van der Waals surface area contributed by atoms with Crippen LogP contribution < -0.4 is 11.3 Å². The number of hydrazine groups is 1. The number of aryl methyl sites for hydroxylation is 1. The Balaban J connectivity index is 2.17. The third-order valence-electron chi connectivity index (χ3n) is 3.90. The van der Waals surface area contributed by atoms with Crippen molar-refractivity contribution in [3.05, 3.63) is 29.3 Å². The number of hydrogen-bond acceptors (Lipinski definition) is 3. The van der Waals surface area contributed by atoms with Crippen molar-refractivity contribution in [2.45, 2.75) is 20.8 Å². The number of likely N-dealkylation sites (tertiary alicyclic amines) is 1. The minimum atomic E-state index is 0.123. The summed E-state index contributed by atoms with van der Waals surface area (Å²) in [4.78, 5) is 14.3. The standard InChI is InChI=1S/C14H21N3O/c1-9-6-12(4-5-13(9)16-15)14(18)17-7-10(2)11(3)8-17/h4-6,10-11,16H,7-8,15H2,1-3H3. The van der Waals surface area contributed by atoms with Gasteiger partial charge in [-0.1, -0.05) is 13.8 Å². The van der Waals surface area contributed by atoms with Crippen LogP contribution in [0.25, 0.3) is 0 Å². The van der Waals surface area contributed by atoms with E-state index in [4.69, 9.17) is 5.84 Å². The number of anilines is 1. The van der Waals surface area contributed by atoms with Crippen molar-refractivity contribution < 1.29 is 4.79 Å². The van der Waals surface area contributed by atoms with Crippen LogP contribution in [0, 0.1) is 18.8 Å². The molecule has 1 saturated heterocycles. The van der Waals surface area contributed by atoms with Crippen molar-refractivity contribution in [3.63, 3.8) is 0 Å². The van der Waals surface area contributed by atoms with Crippen LogP contribution in [0.5, 0.6) is 0 Å². The number of carbonyl (C=O) groups excluding carboxylic acids is 1. The predicted molar refractivity (Wildman–Crippen MR) is 73.2 cm³/mol. The molecule has 1 heterocycles. The van der Waals surface area contributed by atoms with E-state index in [0.717, 1.165) is 29.9 Å². The van der Waals surface area contributed by atoms with E-state index in [0.29, 0.717) is 11.8 Å². The van der Waals surface area contributed by atoms with Crippen LogP contribution >= 0.6 is 0 Å². The molecule has 1 aliphatic heterocycles. The maximum absolute atomic E-state index is 12.4. The molecule has 0 aromatic heterocycles. The zero-order valence-electron chi connectivity index (χ0n) is 11.2. The third kappa shape index (κ3) is 2.34. The van der Waals surface area contributed by atoms with Gasteiger partial charge in [-0.3, -0.25) is 10.6 Å². The average molecular weight is 247 g/mol. The van der Waals surface area contributed by atoms with E-state index in [-0.39, 0.29) is 5.91 Å². The first-order chi connectivity index (χ1) is 8.52. The van der Waals surface area contributed by atoms with Crippen LogP contribution in [0.1, 0.15) is 29.8 Å². The lowest BCUT2D eigenvalue weighted by Gasteiger charge is -2.17. The fraction of sp³-hybridized carbons (Fsp3) is 0.500. The number of carbonyl (C=O) groups is 1. The Morgan fingerprint density at radius 3 is 2.44 bits per heavy atom. The molecule has 4 nitrogen and oxygen atoms in total. The second-order valence-electron chi connectivity index (χ2n) is 5.34. The van der Waals surface area contributed by atoms with Crippen LogP contribution in [0.3, 0.4) is 0 Å². The SMILES string of the molecule is Cc1cc(C(=O)N2CC(C)C(C)C2)ccc1NN. The zero-order chi connectivity index (χ0) is 13.3. The van der Waals surface area contributed by atoms with Crippen LogP contribution in [-0.2, 0) is 0 Å². The highest BCUT2D eigenvalue weighted by Crippen LogP contribution is 2.24. The fourth-order valence-corrected chi connectivity index (χ4v) is 2.44. The second-order valence-corrected chi connectivity index (χ2v) is 5.34. The number of nitrogens with zero attached hydrogens (tertiary/aromatic N) is 1. The molecule has 0 saturated carbocycles. The quantitative estimate of drug-likeness (QED) is 0.621. The summed E-state index contributed by atoms with van der Waals surface area (Å²) < 4.78 is 0. The molecular formula is C14H21N3O. The molecule has 2 atom stereocenters. The predicted octanol–water partition coefficient (Wildman–Crippen LogP) is 2.01. The van der Waals surface area contributed by atoms with Gasteiger partial charge in [0, 0.05) is 18.7 Å². The van der Waals surface area contributed by atoms with E-state index in [2.05, 4.69) is 19.3 Å². The Hall–Kier alpha value is -1.55. The van der Waals surface area contributed by atoms with Crippen LogP contribution in [0.15, 0.2) is 18.2 Å². The molecular weight excluding hydrogens is 226 g/mol. The van der Waals surface area contributed by atoms with E-state index < -0.39 is 0 Å². The fourth-order valence-electron chi connectivity index (χ4n) is 2.44. The molecule has 1 aliphatic rings. The lowest BCUT2D eigenvalue weighted by molar-refractivity contribution is 0.0785. The molecule has 98 valence electrons. The molecule has 18 heavy (non-hydrogen) atoms. The van der Waals surface area contributed by atoms with E-state index in [1.807, 2.05) is 30.0 Å². The first-order valence-electron chi connectivity index (χ1n) is 6.39. The highest BCUT2D eigenvalue weighted by molar-refractivity contribution is 5.95. The molecule has 2 rings (SSSR count). The molecule has 1 amide bonds.